The fraction of sp³-hybridized carbons (Fsp3) is 0.214. The molecule has 0 radical (unpaired) electrons. The van der Waals surface area contributed by atoms with E-state index in [0.717, 1.165) is 9.58 Å². The number of nitrogens with zero attached hydrogens (tertiary/aromatic N) is 3. The summed E-state index contributed by atoms with van der Waals surface area (Å²) in [6, 6.07) is 3.46. The highest BCUT2D eigenvalue weighted by Gasteiger charge is 2.29. The number of alkyl halides is 3. The zero-order valence-electron chi connectivity index (χ0n) is 12.2. The van der Waals surface area contributed by atoms with Crippen molar-refractivity contribution in [3.8, 4) is 10.6 Å². The van der Waals surface area contributed by atoms with Gasteiger partial charge >= 0.3 is 6.18 Å². The maximum absolute atomic E-state index is 12.2. The highest BCUT2D eigenvalue weighted by atomic mass is 35.5. The van der Waals surface area contributed by atoms with Gasteiger partial charge in [-0.05, 0) is 12.1 Å². The number of fused-ring (bicyclic) bond motifs is 1. The van der Waals surface area contributed by atoms with E-state index in [0.29, 0.717) is 16.2 Å². The van der Waals surface area contributed by atoms with Crippen molar-refractivity contribution in [1.82, 2.24) is 19.9 Å². The summed E-state index contributed by atoms with van der Waals surface area (Å²) in [6.45, 7) is -1.41. The summed E-state index contributed by atoms with van der Waals surface area (Å²) in [6.07, 6.45) is -1.46. The van der Waals surface area contributed by atoms with Crippen LogP contribution in [0.15, 0.2) is 24.5 Å². The molecule has 3 aromatic heterocycles. The summed E-state index contributed by atoms with van der Waals surface area (Å²) in [4.78, 5) is 20.7. The number of amides is 1. The molecule has 0 saturated heterocycles. The van der Waals surface area contributed by atoms with Crippen molar-refractivity contribution < 1.29 is 18.0 Å². The molecule has 10 heteroatoms. The van der Waals surface area contributed by atoms with E-state index in [1.807, 2.05) is 0 Å². The molecule has 0 aliphatic rings. The van der Waals surface area contributed by atoms with Gasteiger partial charge in [0, 0.05) is 13.2 Å². The third kappa shape index (κ3) is 3.22. The second-order valence-corrected chi connectivity index (χ2v) is 6.40. The van der Waals surface area contributed by atoms with E-state index < -0.39 is 18.6 Å². The van der Waals surface area contributed by atoms with Crippen molar-refractivity contribution >= 4 is 39.1 Å². The van der Waals surface area contributed by atoms with Gasteiger partial charge in [-0.3, -0.25) is 9.78 Å². The Labute approximate surface area is 143 Å². The van der Waals surface area contributed by atoms with Gasteiger partial charge in [-0.15, -0.1) is 11.3 Å². The van der Waals surface area contributed by atoms with Crippen LogP contribution in [0.3, 0.4) is 0 Å². The number of hydrogen-bond acceptors (Lipinski definition) is 4. The average molecular weight is 375 g/mol. The predicted octanol–water partition coefficient (Wildman–Crippen LogP) is 3.64. The Kier molecular flexibility index (Phi) is 4.22. The fourth-order valence-electron chi connectivity index (χ4n) is 2.14. The summed E-state index contributed by atoms with van der Waals surface area (Å²) in [5.41, 5.74) is 1.29. The van der Waals surface area contributed by atoms with Crippen molar-refractivity contribution in [3.63, 3.8) is 0 Å². The molecule has 3 rings (SSSR count). The van der Waals surface area contributed by atoms with Gasteiger partial charge in [0.05, 0.1) is 32.0 Å². The quantitative estimate of drug-likeness (QED) is 0.761. The molecule has 0 bridgehead atoms. The van der Waals surface area contributed by atoms with E-state index >= 15 is 0 Å². The first-order chi connectivity index (χ1) is 11.3. The molecule has 0 aromatic carbocycles. The molecule has 5 nitrogen and oxygen atoms in total. The Morgan fingerprint density at radius 2 is 2.17 bits per heavy atom. The molecule has 0 saturated carbocycles. The highest BCUT2D eigenvalue weighted by molar-refractivity contribution is 7.22. The number of imidazole rings is 1. The molecule has 3 aromatic rings. The van der Waals surface area contributed by atoms with E-state index in [2.05, 4.69) is 9.97 Å². The van der Waals surface area contributed by atoms with Crippen LogP contribution in [0.1, 0.15) is 10.6 Å². The lowest BCUT2D eigenvalue weighted by Crippen LogP contribution is -2.35. The van der Waals surface area contributed by atoms with Crippen LogP contribution in [0.5, 0.6) is 0 Å². The summed E-state index contributed by atoms with van der Waals surface area (Å²) in [5, 5.41) is 2.36. The number of rotatable bonds is 3. The minimum atomic E-state index is -4.47. The van der Waals surface area contributed by atoms with E-state index in [4.69, 9.17) is 11.6 Å². The molecular weight excluding hydrogens is 365 g/mol. The third-order valence-corrected chi connectivity index (χ3v) is 4.86. The van der Waals surface area contributed by atoms with Crippen LogP contribution in [-0.4, -0.2) is 33.2 Å². The number of hydrogen-bond donors (Lipinski definition) is 1. The van der Waals surface area contributed by atoms with Crippen molar-refractivity contribution in [2.24, 2.45) is 7.05 Å². The molecular formula is C14H10ClF3N4OS. The predicted molar refractivity (Wildman–Crippen MR) is 85.2 cm³/mol. The highest BCUT2D eigenvalue weighted by Crippen LogP contribution is 2.36. The lowest BCUT2D eigenvalue weighted by molar-refractivity contribution is -0.123. The number of thiophene rings is 1. The van der Waals surface area contributed by atoms with E-state index in [9.17, 15) is 18.0 Å². The molecule has 126 valence electrons. The molecule has 0 unspecified atom stereocenters. The van der Waals surface area contributed by atoms with Gasteiger partial charge in [0.25, 0.3) is 5.91 Å². The average Bonchev–Trinajstić information content (AvgIpc) is 3.08. The van der Waals surface area contributed by atoms with Gasteiger partial charge < -0.3 is 9.88 Å². The number of pyridine rings is 1. The minimum absolute atomic E-state index is 0.106. The third-order valence-electron chi connectivity index (χ3n) is 3.26. The van der Waals surface area contributed by atoms with Gasteiger partial charge in [0.2, 0.25) is 0 Å². The first-order valence-electron chi connectivity index (χ1n) is 6.67. The monoisotopic (exact) mass is 374 g/mol. The van der Waals surface area contributed by atoms with E-state index in [1.54, 1.807) is 30.7 Å². The van der Waals surface area contributed by atoms with Gasteiger partial charge in [-0.1, -0.05) is 11.6 Å². The van der Waals surface area contributed by atoms with Gasteiger partial charge in [-0.2, -0.15) is 13.2 Å². The molecule has 3 heterocycles. The van der Waals surface area contributed by atoms with Crippen molar-refractivity contribution in [3.05, 3.63) is 35.4 Å². The Balaban J connectivity index is 1.91. The fourth-order valence-corrected chi connectivity index (χ4v) is 3.48. The van der Waals surface area contributed by atoms with Crippen LogP contribution in [0.25, 0.3) is 20.8 Å². The largest absolute Gasteiger partial charge is 0.405 e. The lowest BCUT2D eigenvalue weighted by atomic mass is 10.3. The van der Waals surface area contributed by atoms with E-state index in [-0.39, 0.29) is 5.82 Å². The standard InChI is InChI=1S/C14H10ClF3N4OS/c1-22-9(5-20-12(22)13(23)21-6-14(16,17)18)10-4-8-11(24-10)7(15)2-3-19-8/h2-5H,6H2,1H3,(H,21,23). The molecule has 1 N–H and O–H groups in total. The first-order valence-corrected chi connectivity index (χ1v) is 7.87. The van der Waals surface area contributed by atoms with Crippen LogP contribution in [0.2, 0.25) is 5.02 Å². The zero-order valence-corrected chi connectivity index (χ0v) is 13.8. The molecule has 0 atom stereocenters. The second kappa shape index (κ2) is 6.06. The Morgan fingerprint density at radius 3 is 2.83 bits per heavy atom. The number of halogens is 4. The maximum Gasteiger partial charge on any atom is 0.405 e. The van der Waals surface area contributed by atoms with E-state index in [1.165, 1.54) is 22.1 Å². The van der Waals surface area contributed by atoms with Gasteiger partial charge in [0.1, 0.15) is 6.54 Å². The number of nitrogens with one attached hydrogen (secondary N) is 1. The van der Waals surface area contributed by atoms with Gasteiger partial charge in [-0.25, -0.2) is 4.98 Å². The summed E-state index contributed by atoms with van der Waals surface area (Å²) in [5.74, 6) is -0.996. The smallest absolute Gasteiger partial charge is 0.340 e. The van der Waals surface area contributed by atoms with Crippen molar-refractivity contribution in [2.45, 2.75) is 6.18 Å². The topological polar surface area (TPSA) is 59.8 Å². The van der Waals surface area contributed by atoms with Crippen LogP contribution >= 0.6 is 22.9 Å². The molecule has 1 amide bonds. The Hall–Kier alpha value is -2.13. The maximum atomic E-state index is 12.2. The first kappa shape index (κ1) is 16.7. The Morgan fingerprint density at radius 1 is 1.42 bits per heavy atom. The summed E-state index contributed by atoms with van der Waals surface area (Å²) >= 11 is 7.48. The number of aromatic nitrogens is 3. The lowest BCUT2D eigenvalue weighted by Gasteiger charge is -2.08. The van der Waals surface area contributed by atoms with Crippen LogP contribution in [0, 0.1) is 0 Å². The summed E-state index contributed by atoms with van der Waals surface area (Å²) in [7, 11) is 1.56. The SMILES string of the molecule is Cn1c(-c2cc3nccc(Cl)c3s2)cnc1C(=O)NCC(F)(F)F. The van der Waals surface area contributed by atoms with Crippen LogP contribution in [-0.2, 0) is 7.05 Å². The van der Waals surface area contributed by atoms with Crippen LogP contribution in [0.4, 0.5) is 13.2 Å². The molecule has 0 aliphatic heterocycles. The molecule has 24 heavy (non-hydrogen) atoms. The van der Waals surface area contributed by atoms with Crippen molar-refractivity contribution in [1.29, 1.82) is 0 Å². The Bertz CT molecular complexity index is 919. The van der Waals surface area contributed by atoms with Gasteiger partial charge in [0.15, 0.2) is 5.82 Å². The summed E-state index contributed by atoms with van der Waals surface area (Å²) < 4.78 is 38.8. The number of carbonyl (C=O) groups excluding carboxylic acids is 1. The normalized spacial score (nSPS) is 11.9. The van der Waals surface area contributed by atoms with Crippen LogP contribution < -0.4 is 5.32 Å². The zero-order chi connectivity index (χ0) is 17.5. The molecule has 0 aliphatic carbocycles. The number of carbonyl (C=O) groups is 1. The minimum Gasteiger partial charge on any atom is -0.340 e. The molecule has 0 spiro atoms. The second-order valence-electron chi connectivity index (χ2n) is 4.94. The molecule has 0 fully saturated rings. The van der Waals surface area contributed by atoms with Crippen molar-refractivity contribution in [2.75, 3.05) is 6.54 Å².